The molecule has 9 aromatic rings. The van der Waals surface area contributed by atoms with Crippen molar-refractivity contribution in [1.29, 1.82) is 0 Å². The average molecular weight is 618 g/mol. The van der Waals surface area contributed by atoms with Crippen LogP contribution in [0.2, 0.25) is 0 Å². The molecule has 0 spiro atoms. The molecule has 3 heterocycles. The molecule has 0 aliphatic carbocycles. The highest BCUT2D eigenvalue weighted by Gasteiger charge is 2.29. The maximum Gasteiger partial charge on any atom is 0.226 e. The Morgan fingerprint density at radius 3 is 2.23 bits per heavy atom. The van der Waals surface area contributed by atoms with Crippen molar-refractivity contribution in [3.05, 3.63) is 151 Å². The third-order valence-corrected chi connectivity index (χ3v) is 9.59. The van der Waals surface area contributed by atoms with E-state index < -0.39 is 0 Å². The van der Waals surface area contributed by atoms with E-state index in [1.807, 2.05) is 48.5 Å². The summed E-state index contributed by atoms with van der Waals surface area (Å²) in [7, 11) is 0. The lowest BCUT2D eigenvalue weighted by atomic mass is 10.0. The Balaban J connectivity index is 1.24. The molecular weight excluding hydrogens is 590 g/mol. The van der Waals surface area contributed by atoms with E-state index in [4.69, 9.17) is 14.1 Å². The van der Waals surface area contributed by atoms with Crippen LogP contribution in [0.1, 0.15) is 11.1 Å². The third kappa shape index (κ3) is 3.85. The molecule has 0 N–H and O–H groups in total. The van der Waals surface area contributed by atoms with Crippen molar-refractivity contribution in [3.63, 3.8) is 0 Å². The van der Waals surface area contributed by atoms with Crippen molar-refractivity contribution in [3.8, 4) is 5.75 Å². The van der Waals surface area contributed by atoms with Gasteiger partial charge in [-0.25, -0.2) is 4.99 Å². The van der Waals surface area contributed by atoms with Gasteiger partial charge < -0.3 is 13.7 Å². The number of para-hydroxylation sites is 1. The van der Waals surface area contributed by atoms with Crippen LogP contribution in [0.4, 0.5) is 0 Å². The van der Waals surface area contributed by atoms with Crippen LogP contribution in [0, 0.1) is 0 Å². The Kier molecular flexibility index (Phi) is 5.72. The molecule has 0 fully saturated rings. The van der Waals surface area contributed by atoms with E-state index in [-0.39, 0.29) is 0 Å². The van der Waals surface area contributed by atoms with Crippen LogP contribution in [0.5, 0.6) is 5.75 Å². The van der Waals surface area contributed by atoms with Gasteiger partial charge in [0.1, 0.15) is 23.6 Å². The number of aliphatic imine (C=N–C) groups is 2. The first-order valence-corrected chi connectivity index (χ1v) is 16.0. The van der Waals surface area contributed by atoms with Gasteiger partial charge in [0, 0.05) is 32.7 Å². The van der Waals surface area contributed by atoms with E-state index in [0.29, 0.717) is 12.6 Å². The van der Waals surface area contributed by atoms with Crippen LogP contribution >= 0.6 is 0 Å². The second kappa shape index (κ2) is 10.3. The minimum atomic E-state index is 0.329. The van der Waals surface area contributed by atoms with Gasteiger partial charge in [0.2, 0.25) is 5.90 Å². The summed E-state index contributed by atoms with van der Waals surface area (Å²) in [6.45, 7) is 4.27. The van der Waals surface area contributed by atoms with E-state index in [0.717, 1.165) is 82.7 Å². The fourth-order valence-corrected chi connectivity index (χ4v) is 7.43. The van der Waals surface area contributed by atoms with Crippen molar-refractivity contribution in [2.75, 3.05) is 0 Å². The first-order valence-electron chi connectivity index (χ1n) is 16.0. The SMILES string of the molecule is C=N/C(=C1\C(=N/Cn2c3ccc4c5cc6ccccc6cc5oc4c3c3ccc4ccccc4c32)Oc2ccccc21)c1ccccc1. The summed E-state index contributed by atoms with van der Waals surface area (Å²) in [5, 5.41) is 9.11. The number of furan rings is 1. The van der Waals surface area contributed by atoms with E-state index in [1.165, 1.54) is 10.8 Å². The minimum absolute atomic E-state index is 0.329. The summed E-state index contributed by atoms with van der Waals surface area (Å²) in [5.41, 5.74) is 7.41. The smallest absolute Gasteiger partial charge is 0.226 e. The Labute approximate surface area is 275 Å². The van der Waals surface area contributed by atoms with Gasteiger partial charge in [0.15, 0.2) is 0 Å². The van der Waals surface area contributed by atoms with Crippen molar-refractivity contribution in [2.45, 2.75) is 6.67 Å². The summed E-state index contributed by atoms with van der Waals surface area (Å²) < 4.78 is 15.5. The lowest BCUT2D eigenvalue weighted by Crippen LogP contribution is -2.07. The zero-order valence-electron chi connectivity index (χ0n) is 25.9. The monoisotopic (exact) mass is 617 g/mol. The summed E-state index contributed by atoms with van der Waals surface area (Å²) >= 11 is 0. The van der Waals surface area contributed by atoms with Crippen LogP contribution < -0.4 is 4.74 Å². The maximum absolute atomic E-state index is 6.74. The van der Waals surface area contributed by atoms with E-state index in [1.54, 1.807) is 0 Å². The molecule has 2 aromatic heterocycles. The van der Waals surface area contributed by atoms with Gasteiger partial charge in [-0.05, 0) is 53.2 Å². The Morgan fingerprint density at radius 1 is 0.646 bits per heavy atom. The summed E-state index contributed by atoms with van der Waals surface area (Å²) in [6.07, 6.45) is 0. The first-order chi connectivity index (χ1) is 23.8. The summed E-state index contributed by atoms with van der Waals surface area (Å²) in [6, 6.07) is 48.2. The number of nitrogens with zero attached hydrogens (tertiary/aromatic N) is 3. The number of rotatable bonds is 4. The maximum atomic E-state index is 6.74. The number of fused-ring (bicyclic) bond motifs is 11. The largest absolute Gasteiger partial charge is 0.455 e. The number of hydrogen-bond donors (Lipinski definition) is 0. The molecule has 226 valence electrons. The number of ether oxygens (including phenoxy) is 1. The van der Waals surface area contributed by atoms with E-state index >= 15 is 0 Å². The van der Waals surface area contributed by atoms with Crippen molar-refractivity contribution in [1.82, 2.24) is 4.57 Å². The van der Waals surface area contributed by atoms with Crippen LogP contribution in [-0.4, -0.2) is 17.2 Å². The molecule has 7 aromatic carbocycles. The molecule has 5 nitrogen and oxygen atoms in total. The molecule has 0 bridgehead atoms. The highest BCUT2D eigenvalue weighted by molar-refractivity contribution is 6.31. The normalized spacial score (nSPS) is 14.9. The highest BCUT2D eigenvalue weighted by atomic mass is 16.5. The lowest BCUT2D eigenvalue weighted by Gasteiger charge is -2.10. The fraction of sp³-hybridized carbons (Fsp3) is 0.0233. The van der Waals surface area contributed by atoms with Gasteiger partial charge in [0.25, 0.3) is 0 Å². The molecule has 1 aliphatic heterocycles. The van der Waals surface area contributed by atoms with Crippen LogP contribution in [-0.2, 0) is 6.67 Å². The third-order valence-electron chi connectivity index (χ3n) is 9.59. The predicted octanol–water partition coefficient (Wildman–Crippen LogP) is 11.0. The fourth-order valence-electron chi connectivity index (χ4n) is 7.43. The number of benzene rings is 7. The summed E-state index contributed by atoms with van der Waals surface area (Å²) in [4.78, 5) is 9.70. The number of hydrogen-bond acceptors (Lipinski definition) is 4. The highest BCUT2D eigenvalue weighted by Crippen LogP contribution is 2.43. The second-order valence-electron chi connectivity index (χ2n) is 12.2. The first kappa shape index (κ1) is 26.7. The van der Waals surface area contributed by atoms with Gasteiger partial charge >= 0.3 is 0 Å². The van der Waals surface area contributed by atoms with Gasteiger partial charge in [0.05, 0.1) is 27.7 Å². The Bertz CT molecular complexity index is 2850. The molecule has 10 rings (SSSR count). The number of aromatic nitrogens is 1. The topological polar surface area (TPSA) is 52.0 Å². The Morgan fingerprint density at radius 2 is 1.38 bits per heavy atom. The lowest BCUT2D eigenvalue weighted by molar-refractivity contribution is 0.561. The molecule has 0 unspecified atom stereocenters. The van der Waals surface area contributed by atoms with Crippen LogP contribution in [0.25, 0.3) is 76.6 Å². The molecule has 0 saturated carbocycles. The van der Waals surface area contributed by atoms with Crippen molar-refractivity contribution < 1.29 is 9.15 Å². The minimum Gasteiger partial charge on any atom is -0.455 e. The molecule has 1 aliphatic rings. The molecule has 0 atom stereocenters. The molecule has 5 heteroatoms. The van der Waals surface area contributed by atoms with E-state index in [2.05, 4.69) is 107 Å². The average Bonchev–Trinajstić information content (AvgIpc) is 3.80. The van der Waals surface area contributed by atoms with E-state index in [9.17, 15) is 0 Å². The molecule has 0 saturated heterocycles. The zero-order chi connectivity index (χ0) is 31.8. The van der Waals surface area contributed by atoms with Gasteiger partial charge in [-0.3, -0.25) is 4.99 Å². The quantitative estimate of drug-likeness (QED) is 0.185. The Hall–Kier alpha value is -6.46. The zero-order valence-corrected chi connectivity index (χ0v) is 25.9. The van der Waals surface area contributed by atoms with Crippen LogP contribution in [0.3, 0.4) is 0 Å². The van der Waals surface area contributed by atoms with Gasteiger partial charge in [-0.2, -0.15) is 0 Å². The second-order valence-corrected chi connectivity index (χ2v) is 12.2. The molecule has 48 heavy (non-hydrogen) atoms. The standard InChI is InChI=1S/C43H27N3O2/c1-44-40(27-12-3-2-4-13-27)39-32-17-9-10-18-36(32)48-43(39)45-25-46-35-22-21-31-34-23-28-14-5-6-15-29(28)24-37(34)47-42(31)38(35)33-20-19-26-11-7-8-16-30(26)41(33)46/h2-24H,1,25H2/b40-39-,45-43+. The molecule has 0 amide bonds. The predicted molar refractivity (Wildman–Crippen MR) is 199 cm³/mol. The molecular formula is C43H27N3O2. The van der Waals surface area contributed by atoms with Crippen LogP contribution in [0.15, 0.2) is 154 Å². The molecule has 0 radical (unpaired) electrons. The van der Waals surface area contributed by atoms with Crippen molar-refractivity contribution >= 4 is 89.2 Å². The summed E-state index contributed by atoms with van der Waals surface area (Å²) in [5.74, 6) is 1.28. The van der Waals surface area contributed by atoms with Gasteiger partial charge in [-0.1, -0.05) is 109 Å². The van der Waals surface area contributed by atoms with Crippen molar-refractivity contribution in [2.24, 2.45) is 9.98 Å². The van der Waals surface area contributed by atoms with Gasteiger partial charge in [-0.15, -0.1) is 0 Å².